The summed E-state index contributed by atoms with van der Waals surface area (Å²) in [6.07, 6.45) is 3.46. The number of rotatable bonds is 3. The van der Waals surface area contributed by atoms with Gasteiger partial charge in [-0.1, -0.05) is 6.92 Å². The molecular weight excluding hydrogens is 244 g/mol. The van der Waals surface area contributed by atoms with Gasteiger partial charge in [0, 0.05) is 13.1 Å². The van der Waals surface area contributed by atoms with Crippen molar-refractivity contribution in [3.05, 3.63) is 17.0 Å². The van der Waals surface area contributed by atoms with Crippen LogP contribution in [-0.2, 0) is 0 Å². The smallest absolute Gasteiger partial charge is 0.144 e. The maximum absolute atomic E-state index is 4.21. The summed E-state index contributed by atoms with van der Waals surface area (Å²) >= 11 is 3.25. The minimum atomic E-state index is 0.533. The summed E-state index contributed by atoms with van der Waals surface area (Å²) < 4.78 is 0.770. The summed E-state index contributed by atoms with van der Waals surface area (Å²) in [5.41, 5.74) is 0. The fourth-order valence-corrected chi connectivity index (χ4v) is 1.72. The van der Waals surface area contributed by atoms with Crippen molar-refractivity contribution in [3.63, 3.8) is 0 Å². The van der Waals surface area contributed by atoms with E-state index in [4.69, 9.17) is 0 Å². The molecule has 1 aromatic rings. The van der Waals surface area contributed by atoms with Crippen LogP contribution < -0.4 is 5.32 Å². The van der Waals surface area contributed by atoms with Gasteiger partial charge >= 0.3 is 0 Å². The summed E-state index contributed by atoms with van der Waals surface area (Å²) in [5, 5.41) is 3.33. The predicted molar refractivity (Wildman–Crippen MR) is 59.3 cm³/mol. The van der Waals surface area contributed by atoms with Crippen molar-refractivity contribution < 1.29 is 0 Å². The molecule has 0 bridgehead atoms. The van der Waals surface area contributed by atoms with Crippen LogP contribution in [0.2, 0.25) is 0 Å². The van der Waals surface area contributed by atoms with Crippen molar-refractivity contribution in [1.82, 2.24) is 14.9 Å². The molecule has 0 radical (unpaired) electrons. The number of anilines is 1. The van der Waals surface area contributed by atoms with Gasteiger partial charge in [0.15, 0.2) is 0 Å². The molecule has 1 saturated heterocycles. The fraction of sp³-hybridized carbons (Fsp3) is 0.556. The molecule has 2 rings (SSSR count). The Morgan fingerprint density at radius 3 is 2.86 bits per heavy atom. The molecule has 0 aliphatic carbocycles. The second kappa shape index (κ2) is 4.23. The van der Waals surface area contributed by atoms with Crippen molar-refractivity contribution in [1.29, 1.82) is 0 Å². The number of likely N-dealkylation sites (tertiary alicyclic amines) is 1. The third-order valence-corrected chi connectivity index (χ3v) is 2.79. The van der Waals surface area contributed by atoms with E-state index in [1.807, 2.05) is 0 Å². The summed E-state index contributed by atoms with van der Waals surface area (Å²) in [4.78, 5) is 10.7. The van der Waals surface area contributed by atoms with Crippen molar-refractivity contribution in [2.24, 2.45) is 0 Å². The number of likely N-dealkylation sites (N-methyl/N-ethyl adjacent to an activating group) is 1. The molecule has 76 valence electrons. The number of nitrogens with one attached hydrogen (secondary N) is 1. The minimum Gasteiger partial charge on any atom is -0.363 e. The predicted octanol–water partition coefficient (Wildman–Crippen LogP) is 1.36. The van der Waals surface area contributed by atoms with E-state index in [2.05, 4.69) is 43.0 Å². The van der Waals surface area contributed by atoms with Gasteiger partial charge in [-0.2, -0.15) is 0 Å². The molecule has 0 unspecified atom stereocenters. The van der Waals surface area contributed by atoms with E-state index in [0.29, 0.717) is 6.04 Å². The van der Waals surface area contributed by atoms with E-state index >= 15 is 0 Å². The third-order valence-electron chi connectivity index (χ3n) is 2.38. The topological polar surface area (TPSA) is 41.0 Å². The summed E-state index contributed by atoms with van der Waals surface area (Å²) in [5.74, 6) is 0.856. The highest BCUT2D eigenvalue weighted by molar-refractivity contribution is 9.10. The highest BCUT2D eigenvalue weighted by Crippen LogP contribution is 2.13. The van der Waals surface area contributed by atoms with Crippen LogP contribution in [0.1, 0.15) is 6.92 Å². The first-order valence-corrected chi connectivity index (χ1v) is 5.53. The van der Waals surface area contributed by atoms with Crippen LogP contribution in [0, 0.1) is 0 Å². The van der Waals surface area contributed by atoms with E-state index in [1.165, 1.54) is 0 Å². The van der Waals surface area contributed by atoms with E-state index in [9.17, 15) is 0 Å². The van der Waals surface area contributed by atoms with Gasteiger partial charge in [-0.3, -0.25) is 4.90 Å². The highest BCUT2D eigenvalue weighted by Gasteiger charge is 2.24. The standard InChI is InChI=1S/C9H13BrN4/c1-2-14-5-7(6-14)13-9-4-11-8(10)3-12-9/h3-4,7H,2,5-6H2,1H3,(H,12,13). The molecule has 1 fully saturated rings. The summed E-state index contributed by atoms with van der Waals surface area (Å²) in [7, 11) is 0. The number of halogens is 1. The lowest BCUT2D eigenvalue weighted by Crippen LogP contribution is -2.54. The summed E-state index contributed by atoms with van der Waals surface area (Å²) in [6, 6.07) is 0.533. The van der Waals surface area contributed by atoms with Crippen LogP contribution in [-0.4, -0.2) is 40.5 Å². The average Bonchev–Trinajstić information content (AvgIpc) is 2.13. The van der Waals surface area contributed by atoms with Gasteiger partial charge in [0.05, 0.1) is 18.4 Å². The van der Waals surface area contributed by atoms with Gasteiger partial charge in [0.2, 0.25) is 0 Å². The van der Waals surface area contributed by atoms with Crippen molar-refractivity contribution in [3.8, 4) is 0 Å². The summed E-state index contributed by atoms with van der Waals surface area (Å²) in [6.45, 7) is 5.52. The lowest BCUT2D eigenvalue weighted by molar-refractivity contribution is 0.171. The Bertz CT molecular complexity index is 294. The van der Waals surface area contributed by atoms with E-state index in [0.717, 1.165) is 30.1 Å². The van der Waals surface area contributed by atoms with Gasteiger partial charge in [0.25, 0.3) is 0 Å². The Hall–Kier alpha value is -0.680. The second-order valence-corrected chi connectivity index (χ2v) is 4.23. The highest BCUT2D eigenvalue weighted by atomic mass is 79.9. The molecule has 1 aromatic heterocycles. The lowest BCUT2D eigenvalue weighted by Gasteiger charge is -2.38. The maximum atomic E-state index is 4.21. The average molecular weight is 257 g/mol. The Morgan fingerprint density at radius 1 is 1.50 bits per heavy atom. The number of aromatic nitrogens is 2. The van der Waals surface area contributed by atoms with Crippen LogP contribution in [0.5, 0.6) is 0 Å². The van der Waals surface area contributed by atoms with Crippen LogP contribution in [0.15, 0.2) is 17.0 Å². The molecule has 0 saturated carbocycles. The molecular formula is C9H13BrN4. The number of nitrogens with zero attached hydrogens (tertiary/aromatic N) is 3. The molecule has 1 aliphatic rings. The Kier molecular flexibility index (Phi) is 2.98. The van der Waals surface area contributed by atoms with Crippen molar-refractivity contribution >= 4 is 21.7 Å². The number of hydrogen-bond acceptors (Lipinski definition) is 4. The van der Waals surface area contributed by atoms with Crippen LogP contribution in [0.25, 0.3) is 0 Å². The first kappa shape index (κ1) is 9.86. The molecule has 4 nitrogen and oxygen atoms in total. The van der Waals surface area contributed by atoms with Gasteiger partial charge in [-0.15, -0.1) is 0 Å². The van der Waals surface area contributed by atoms with E-state index in [1.54, 1.807) is 12.4 Å². The Balaban J connectivity index is 1.84. The molecule has 2 heterocycles. The van der Waals surface area contributed by atoms with Gasteiger partial charge in [-0.05, 0) is 22.5 Å². The SMILES string of the molecule is CCN1CC(Nc2cnc(Br)cn2)C1. The fourth-order valence-electron chi connectivity index (χ4n) is 1.52. The second-order valence-electron chi connectivity index (χ2n) is 3.42. The molecule has 14 heavy (non-hydrogen) atoms. The van der Waals surface area contributed by atoms with Crippen molar-refractivity contribution in [2.45, 2.75) is 13.0 Å². The molecule has 1 N–H and O–H groups in total. The van der Waals surface area contributed by atoms with Gasteiger partial charge < -0.3 is 5.32 Å². The molecule has 5 heteroatoms. The van der Waals surface area contributed by atoms with Crippen LogP contribution in [0.3, 0.4) is 0 Å². The zero-order valence-corrected chi connectivity index (χ0v) is 9.66. The van der Waals surface area contributed by atoms with E-state index < -0.39 is 0 Å². The molecule has 1 aliphatic heterocycles. The molecule has 0 atom stereocenters. The van der Waals surface area contributed by atoms with Crippen molar-refractivity contribution in [2.75, 3.05) is 25.0 Å². The monoisotopic (exact) mass is 256 g/mol. The first-order valence-electron chi connectivity index (χ1n) is 4.74. The normalized spacial score (nSPS) is 17.9. The lowest BCUT2D eigenvalue weighted by atomic mass is 10.1. The zero-order valence-electron chi connectivity index (χ0n) is 8.07. The van der Waals surface area contributed by atoms with Crippen LogP contribution >= 0.6 is 15.9 Å². The number of hydrogen-bond donors (Lipinski definition) is 1. The Morgan fingerprint density at radius 2 is 2.29 bits per heavy atom. The third kappa shape index (κ3) is 2.22. The minimum absolute atomic E-state index is 0.533. The zero-order chi connectivity index (χ0) is 9.97. The molecule has 0 amide bonds. The molecule has 0 aromatic carbocycles. The van der Waals surface area contributed by atoms with Gasteiger partial charge in [0.1, 0.15) is 10.4 Å². The quantitative estimate of drug-likeness (QED) is 0.887. The van der Waals surface area contributed by atoms with E-state index in [-0.39, 0.29) is 0 Å². The Labute approximate surface area is 91.9 Å². The van der Waals surface area contributed by atoms with Gasteiger partial charge in [-0.25, -0.2) is 9.97 Å². The maximum Gasteiger partial charge on any atom is 0.144 e. The van der Waals surface area contributed by atoms with Crippen LogP contribution in [0.4, 0.5) is 5.82 Å². The largest absolute Gasteiger partial charge is 0.363 e. The molecule has 0 spiro atoms. The first-order chi connectivity index (χ1) is 6.78.